The van der Waals surface area contributed by atoms with E-state index in [-0.39, 0.29) is 17.0 Å². The Morgan fingerprint density at radius 2 is 1.92 bits per heavy atom. The molecular formula is C14H12F5N3O3. The van der Waals surface area contributed by atoms with E-state index < -0.39 is 32.0 Å². The molecule has 0 aliphatic rings. The maximum absolute atomic E-state index is 12.0. The number of anilines is 1. The van der Waals surface area contributed by atoms with Gasteiger partial charge in [-0.05, 0) is 24.3 Å². The molecule has 0 atom stereocenters. The molecule has 0 radical (unpaired) electrons. The van der Waals surface area contributed by atoms with Gasteiger partial charge in [0.25, 0.3) is 5.91 Å². The minimum Gasteiger partial charge on any atom is -0.435 e. The number of rotatable bonds is 7. The van der Waals surface area contributed by atoms with Gasteiger partial charge in [0.05, 0.1) is 18.1 Å². The number of carbonyl (C=O) groups is 1. The topological polar surface area (TPSA) is 65.4 Å². The Labute approximate surface area is 138 Å². The zero-order chi connectivity index (χ0) is 18.4. The number of hydrogen-bond acceptors (Lipinski definition) is 4. The molecule has 1 heterocycles. The second-order valence-corrected chi connectivity index (χ2v) is 4.72. The third-order valence-electron chi connectivity index (χ3n) is 2.72. The van der Waals surface area contributed by atoms with E-state index in [1.807, 2.05) is 0 Å². The summed E-state index contributed by atoms with van der Waals surface area (Å²) in [4.78, 5) is 12.0. The van der Waals surface area contributed by atoms with Crippen LogP contribution in [-0.2, 0) is 11.5 Å². The minimum absolute atomic E-state index is 0.0961. The van der Waals surface area contributed by atoms with Crippen LogP contribution in [0.3, 0.4) is 0 Å². The van der Waals surface area contributed by atoms with E-state index in [1.54, 1.807) is 0 Å². The summed E-state index contributed by atoms with van der Waals surface area (Å²) >= 11 is 0. The molecule has 0 unspecified atom stereocenters. The van der Waals surface area contributed by atoms with Crippen LogP contribution in [0.25, 0.3) is 0 Å². The standard InChI is InChI=1S/C14H12F5N3O3/c15-13(16)25-11-3-1-9(2-4-11)12(23)21-10-5-20-22(6-10)8-24-7-14(17,18)19/h1-6,13H,7-8H2,(H,21,23). The van der Waals surface area contributed by atoms with Crippen molar-refractivity contribution < 1.29 is 36.2 Å². The molecule has 0 fully saturated rings. The highest BCUT2D eigenvalue weighted by molar-refractivity contribution is 6.04. The number of nitrogens with zero attached hydrogens (tertiary/aromatic N) is 2. The first-order valence-corrected chi connectivity index (χ1v) is 6.76. The SMILES string of the molecule is O=C(Nc1cnn(COCC(F)(F)F)c1)c1ccc(OC(F)F)cc1. The molecule has 2 rings (SSSR count). The van der Waals surface area contributed by atoms with Gasteiger partial charge in [-0.3, -0.25) is 4.79 Å². The van der Waals surface area contributed by atoms with Crippen molar-refractivity contribution in [2.45, 2.75) is 19.5 Å². The number of aromatic nitrogens is 2. The predicted octanol–water partition coefficient (Wildman–Crippen LogP) is 3.27. The molecular weight excluding hydrogens is 353 g/mol. The van der Waals surface area contributed by atoms with Gasteiger partial charge in [-0.25, -0.2) is 4.68 Å². The van der Waals surface area contributed by atoms with Gasteiger partial charge >= 0.3 is 12.8 Å². The third-order valence-corrected chi connectivity index (χ3v) is 2.72. The predicted molar refractivity (Wildman–Crippen MR) is 75.3 cm³/mol. The molecule has 6 nitrogen and oxygen atoms in total. The van der Waals surface area contributed by atoms with E-state index in [4.69, 9.17) is 0 Å². The van der Waals surface area contributed by atoms with Crippen molar-refractivity contribution >= 4 is 11.6 Å². The number of nitrogens with one attached hydrogen (secondary N) is 1. The Bertz CT molecular complexity index is 700. The molecule has 0 saturated heterocycles. The fourth-order valence-corrected chi connectivity index (χ4v) is 1.74. The van der Waals surface area contributed by atoms with Gasteiger partial charge in [-0.2, -0.15) is 27.1 Å². The highest BCUT2D eigenvalue weighted by Gasteiger charge is 2.27. The van der Waals surface area contributed by atoms with Gasteiger partial charge in [0.2, 0.25) is 0 Å². The van der Waals surface area contributed by atoms with Crippen molar-refractivity contribution in [2.75, 3.05) is 11.9 Å². The van der Waals surface area contributed by atoms with Crippen LogP contribution >= 0.6 is 0 Å². The minimum atomic E-state index is -4.44. The maximum atomic E-state index is 12.0. The Balaban J connectivity index is 1.88. The maximum Gasteiger partial charge on any atom is 0.411 e. The van der Waals surface area contributed by atoms with Crippen molar-refractivity contribution in [3.05, 3.63) is 42.2 Å². The van der Waals surface area contributed by atoms with Crippen molar-refractivity contribution in [2.24, 2.45) is 0 Å². The third kappa shape index (κ3) is 6.37. The summed E-state index contributed by atoms with van der Waals surface area (Å²) in [5, 5.41) is 6.19. The molecule has 0 aliphatic carbocycles. The Kier molecular flexibility index (Phi) is 5.91. The smallest absolute Gasteiger partial charge is 0.411 e. The van der Waals surface area contributed by atoms with Crippen LogP contribution < -0.4 is 10.1 Å². The second kappa shape index (κ2) is 7.92. The molecule has 1 aromatic heterocycles. The largest absolute Gasteiger partial charge is 0.435 e. The average molecular weight is 365 g/mol. The molecule has 0 spiro atoms. The lowest BCUT2D eigenvalue weighted by atomic mass is 10.2. The van der Waals surface area contributed by atoms with Crippen LogP contribution in [0.4, 0.5) is 27.6 Å². The fraction of sp³-hybridized carbons (Fsp3) is 0.286. The van der Waals surface area contributed by atoms with Crippen molar-refractivity contribution in [3.8, 4) is 5.75 Å². The van der Waals surface area contributed by atoms with Gasteiger partial charge in [0.1, 0.15) is 19.1 Å². The zero-order valence-electron chi connectivity index (χ0n) is 12.5. The number of alkyl halides is 5. The highest BCUT2D eigenvalue weighted by atomic mass is 19.4. The summed E-state index contributed by atoms with van der Waals surface area (Å²) in [6, 6.07) is 4.97. The van der Waals surface area contributed by atoms with Gasteiger partial charge < -0.3 is 14.8 Å². The molecule has 1 amide bonds. The molecule has 0 aliphatic heterocycles. The van der Waals surface area contributed by atoms with Crippen molar-refractivity contribution in [1.29, 1.82) is 0 Å². The first kappa shape index (κ1) is 18.6. The van der Waals surface area contributed by atoms with E-state index in [1.165, 1.54) is 36.7 Å². The number of halogens is 5. The van der Waals surface area contributed by atoms with Crippen LogP contribution in [0.2, 0.25) is 0 Å². The lowest BCUT2D eigenvalue weighted by Gasteiger charge is -2.07. The van der Waals surface area contributed by atoms with Gasteiger partial charge in [-0.15, -0.1) is 0 Å². The van der Waals surface area contributed by atoms with E-state index >= 15 is 0 Å². The lowest BCUT2D eigenvalue weighted by molar-refractivity contribution is -0.182. The number of ether oxygens (including phenoxy) is 2. The summed E-state index contributed by atoms with van der Waals surface area (Å²) < 4.78 is 69.6. The van der Waals surface area contributed by atoms with Crippen LogP contribution in [0.5, 0.6) is 5.75 Å². The zero-order valence-corrected chi connectivity index (χ0v) is 12.5. The van der Waals surface area contributed by atoms with Crippen LogP contribution in [0.1, 0.15) is 10.4 Å². The van der Waals surface area contributed by atoms with Crippen LogP contribution in [0, 0.1) is 0 Å². The first-order chi connectivity index (χ1) is 11.7. The van der Waals surface area contributed by atoms with Crippen molar-refractivity contribution in [1.82, 2.24) is 9.78 Å². The number of hydrogen-bond donors (Lipinski definition) is 1. The first-order valence-electron chi connectivity index (χ1n) is 6.76. The van der Waals surface area contributed by atoms with E-state index in [9.17, 15) is 26.7 Å². The molecule has 11 heteroatoms. The number of amides is 1. The summed E-state index contributed by atoms with van der Waals surface area (Å²) in [7, 11) is 0. The lowest BCUT2D eigenvalue weighted by Crippen LogP contribution is -2.18. The van der Waals surface area contributed by atoms with Crippen LogP contribution in [0.15, 0.2) is 36.7 Å². The van der Waals surface area contributed by atoms with E-state index in [2.05, 4.69) is 19.9 Å². The Morgan fingerprint density at radius 3 is 2.52 bits per heavy atom. The highest BCUT2D eigenvalue weighted by Crippen LogP contribution is 2.17. The quantitative estimate of drug-likeness (QED) is 0.765. The summed E-state index contributed by atoms with van der Waals surface area (Å²) in [5.41, 5.74) is 0.399. The molecule has 0 saturated carbocycles. The number of benzene rings is 1. The average Bonchev–Trinajstić information content (AvgIpc) is 2.93. The Morgan fingerprint density at radius 1 is 1.24 bits per heavy atom. The van der Waals surface area contributed by atoms with E-state index in [0.29, 0.717) is 0 Å². The molecule has 0 bridgehead atoms. The van der Waals surface area contributed by atoms with Crippen molar-refractivity contribution in [3.63, 3.8) is 0 Å². The summed E-state index contributed by atoms with van der Waals surface area (Å²) in [6.45, 7) is -4.82. The number of carbonyl (C=O) groups excluding carboxylic acids is 1. The molecule has 1 aromatic carbocycles. The van der Waals surface area contributed by atoms with Gasteiger partial charge in [0.15, 0.2) is 0 Å². The normalized spacial score (nSPS) is 11.6. The Hall–Kier alpha value is -2.69. The summed E-state index contributed by atoms with van der Waals surface area (Å²) in [5.74, 6) is -0.652. The monoisotopic (exact) mass is 365 g/mol. The fourth-order valence-electron chi connectivity index (χ4n) is 1.74. The van der Waals surface area contributed by atoms with E-state index in [0.717, 1.165) is 4.68 Å². The van der Waals surface area contributed by atoms with Crippen LogP contribution in [-0.4, -0.2) is 35.1 Å². The summed E-state index contributed by atoms with van der Waals surface area (Å²) in [6.07, 6.45) is -1.93. The van der Waals surface area contributed by atoms with Gasteiger partial charge in [-0.1, -0.05) is 0 Å². The molecule has 1 N–H and O–H groups in total. The second-order valence-electron chi connectivity index (χ2n) is 4.72. The molecule has 25 heavy (non-hydrogen) atoms. The molecule has 136 valence electrons. The van der Waals surface area contributed by atoms with Gasteiger partial charge in [0, 0.05) is 5.56 Å². The molecule has 2 aromatic rings.